The van der Waals surface area contributed by atoms with Gasteiger partial charge in [0.15, 0.2) is 0 Å². The van der Waals surface area contributed by atoms with Crippen molar-refractivity contribution < 1.29 is 0 Å². The third-order valence-corrected chi connectivity index (χ3v) is 5.47. The molecule has 0 amide bonds. The number of thioether (sulfide) groups is 2. The van der Waals surface area contributed by atoms with Crippen LogP contribution in [0.5, 0.6) is 0 Å². The SMILES string of the molecule is N#C/C1=C(\C#N)SCCCCCCCCCCCS1. The Labute approximate surface area is 125 Å². The predicted molar refractivity (Wildman–Crippen MR) is 84.7 cm³/mol. The Kier molecular flexibility index (Phi) is 9.77. The van der Waals surface area contributed by atoms with Crippen LogP contribution in [0, 0.1) is 22.7 Å². The lowest BCUT2D eigenvalue weighted by Crippen LogP contribution is -1.87. The summed E-state index contributed by atoms with van der Waals surface area (Å²) in [6.07, 6.45) is 11.5. The molecule has 0 aliphatic carbocycles. The number of rotatable bonds is 0. The van der Waals surface area contributed by atoms with Crippen molar-refractivity contribution in [1.29, 1.82) is 10.5 Å². The first-order valence-corrected chi connectivity index (χ1v) is 9.15. The van der Waals surface area contributed by atoms with E-state index in [0.717, 1.165) is 24.3 Å². The van der Waals surface area contributed by atoms with E-state index < -0.39 is 0 Å². The van der Waals surface area contributed by atoms with Gasteiger partial charge in [0.2, 0.25) is 0 Å². The summed E-state index contributed by atoms with van der Waals surface area (Å²) in [5.41, 5.74) is 0. The fourth-order valence-corrected chi connectivity index (χ4v) is 4.03. The molecule has 0 bridgehead atoms. The van der Waals surface area contributed by atoms with Crippen molar-refractivity contribution in [3.05, 3.63) is 9.81 Å². The molecule has 0 unspecified atom stereocenters. The highest BCUT2D eigenvalue weighted by Crippen LogP contribution is 2.29. The Bertz CT molecular complexity index is 329. The third kappa shape index (κ3) is 7.55. The predicted octanol–water partition coefficient (Wildman–Crippen LogP) is 5.24. The van der Waals surface area contributed by atoms with Gasteiger partial charge in [0.1, 0.15) is 21.9 Å². The van der Waals surface area contributed by atoms with Gasteiger partial charge < -0.3 is 0 Å². The van der Waals surface area contributed by atoms with E-state index in [0.29, 0.717) is 9.81 Å². The average molecular weight is 294 g/mol. The van der Waals surface area contributed by atoms with E-state index in [9.17, 15) is 0 Å². The van der Waals surface area contributed by atoms with Crippen LogP contribution in [0.4, 0.5) is 0 Å². The Morgan fingerprint density at radius 3 is 1.21 bits per heavy atom. The molecule has 0 saturated heterocycles. The lowest BCUT2D eigenvalue weighted by atomic mass is 10.1. The van der Waals surface area contributed by atoms with Crippen molar-refractivity contribution in [2.45, 2.75) is 57.8 Å². The van der Waals surface area contributed by atoms with Gasteiger partial charge in [-0.2, -0.15) is 10.5 Å². The van der Waals surface area contributed by atoms with Crippen LogP contribution >= 0.6 is 23.5 Å². The molecule has 0 aromatic rings. The molecule has 1 aliphatic rings. The summed E-state index contributed by atoms with van der Waals surface area (Å²) in [5.74, 6) is 1.93. The highest BCUT2D eigenvalue weighted by molar-refractivity contribution is 8.07. The molecule has 0 radical (unpaired) electrons. The maximum absolute atomic E-state index is 9.15. The molecule has 4 heteroatoms. The van der Waals surface area contributed by atoms with Gasteiger partial charge in [-0.3, -0.25) is 0 Å². The van der Waals surface area contributed by atoms with Gasteiger partial charge in [-0.15, -0.1) is 23.5 Å². The molecule has 0 aromatic heterocycles. The molecule has 0 saturated carbocycles. The maximum Gasteiger partial charge on any atom is 0.109 e. The number of nitriles is 2. The van der Waals surface area contributed by atoms with Crippen molar-refractivity contribution in [3.8, 4) is 12.1 Å². The van der Waals surface area contributed by atoms with Crippen molar-refractivity contribution in [3.63, 3.8) is 0 Å². The van der Waals surface area contributed by atoms with Gasteiger partial charge in [-0.05, 0) is 24.3 Å². The zero-order chi connectivity index (χ0) is 13.8. The van der Waals surface area contributed by atoms with Crippen molar-refractivity contribution >= 4 is 23.5 Å². The van der Waals surface area contributed by atoms with Gasteiger partial charge in [-0.1, -0.05) is 44.9 Å². The van der Waals surface area contributed by atoms with Gasteiger partial charge in [0.05, 0.1) is 0 Å². The van der Waals surface area contributed by atoms with E-state index in [-0.39, 0.29) is 0 Å². The van der Waals surface area contributed by atoms with Gasteiger partial charge in [0, 0.05) is 0 Å². The third-order valence-electron chi connectivity index (χ3n) is 3.19. The van der Waals surface area contributed by atoms with Crippen LogP contribution in [0.2, 0.25) is 0 Å². The van der Waals surface area contributed by atoms with Crippen LogP contribution in [0.15, 0.2) is 9.81 Å². The summed E-state index contributed by atoms with van der Waals surface area (Å²) in [5, 5.41) is 18.3. The monoisotopic (exact) mass is 294 g/mol. The summed E-state index contributed by atoms with van der Waals surface area (Å²) in [7, 11) is 0. The quantitative estimate of drug-likeness (QED) is 0.613. The molecule has 2 nitrogen and oxygen atoms in total. The molecule has 1 heterocycles. The second-order valence-corrected chi connectivity index (χ2v) is 6.97. The van der Waals surface area contributed by atoms with Crippen LogP contribution < -0.4 is 0 Å². The highest BCUT2D eigenvalue weighted by Gasteiger charge is 2.08. The number of hydrogen-bond donors (Lipinski definition) is 0. The molecule has 19 heavy (non-hydrogen) atoms. The molecule has 1 aliphatic heterocycles. The van der Waals surface area contributed by atoms with Crippen molar-refractivity contribution in [2.24, 2.45) is 0 Å². The van der Waals surface area contributed by atoms with E-state index in [1.807, 2.05) is 0 Å². The molecule has 0 fully saturated rings. The second-order valence-electron chi connectivity index (χ2n) is 4.76. The van der Waals surface area contributed by atoms with Crippen molar-refractivity contribution in [2.75, 3.05) is 11.5 Å². The average Bonchev–Trinajstić information content (AvgIpc) is 2.45. The summed E-state index contributed by atoms with van der Waals surface area (Å²) in [6, 6.07) is 4.39. The fraction of sp³-hybridized carbons (Fsp3) is 0.733. The van der Waals surface area contributed by atoms with E-state index >= 15 is 0 Å². The van der Waals surface area contributed by atoms with E-state index in [4.69, 9.17) is 10.5 Å². The fourth-order valence-electron chi connectivity index (χ4n) is 2.09. The summed E-state index contributed by atoms with van der Waals surface area (Å²) >= 11 is 3.12. The number of hydrogen-bond acceptors (Lipinski definition) is 4. The van der Waals surface area contributed by atoms with Gasteiger partial charge >= 0.3 is 0 Å². The molecular formula is C15H22N2S2. The Hall–Kier alpha value is -0.580. The van der Waals surface area contributed by atoms with Crippen LogP contribution in [0.3, 0.4) is 0 Å². The van der Waals surface area contributed by atoms with Gasteiger partial charge in [0.25, 0.3) is 0 Å². The lowest BCUT2D eigenvalue weighted by Gasteiger charge is -2.03. The first kappa shape index (κ1) is 16.5. The molecule has 0 atom stereocenters. The van der Waals surface area contributed by atoms with E-state index in [1.54, 1.807) is 23.5 Å². The maximum atomic E-state index is 9.15. The molecular weight excluding hydrogens is 272 g/mol. The minimum Gasteiger partial charge on any atom is -0.192 e. The van der Waals surface area contributed by atoms with E-state index in [2.05, 4.69) is 12.1 Å². The minimum atomic E-state index is 0.627. The minimum absolute atomic E-state index is 0.627. The van der Waals surface area contributed by atoms with E-state index in [1.165, 1.54) is 44.9 Å². The number of nitrogens with zero attached hydrogens (tertiary/aromatic N) is 2. The summed E-state index contributed by atoms with van der Waals surface area (Å²) < 4.78 is 0. The summed E-state index contributed by atoms with van der Waals surface area (Å²) in [4.78, 5) is 1.25. The first-order chi connectivity index (χ1) is 9.38. The largest absolute Gasteiger partial charge is 0.192 e. The lowest BCUT2D eigenvalue weighted by molar-refractivity contribution is 0.574. The molecule has 0 aromatic carbocycles. The topological polar surface area (TPSA) is 47.6 Å². The Morgan fingerprint density at radius 2 is 0.895 bits per heavy atom. The molecule has 104 valence electrons. The molecule has 0 N–H and O–H groups in total. The Balaban J connectivity index is 2.53. The number of allylic oxidation sites excluding steroid dienone is 2. The zero-order valence-electron chi connectivity index (χ0n) is 11.5. The van der Waals surface area contributed by atoms with Crippen LogP contribution in [-0.4, -0.2) is 11.5 Å². The van der Waals surface area contributed by atoms with Crippen LogP contribution in [-0.2, 0) is 0 Å². The standard InChI is InChI=1S/C15H22N2S2/c16-12-14-15(13-17)19-11-9-7-5-3-1-2-4-6-8-10-18-14/h1-11H2/b15-14-. The molecule has 0 spiro atoms. The molecule has 1 rings (SSSR count). The summed E-state index contributed by atoms with van der Waals surface area (Å²) in [6.45, 7) is 0. The van der Waals surface area contributed by atoms with Gasteiger partial charge in [-0.25, -0.2) is 0 Å². The second kappa shape index (κ2) is 11.3. The normalized spacial score (nSPS) is 24.5. The smallest absolute Gasteiger partial charge is 0.109 e. The zero-order valence-corrected chi connectivity index (χ0v) is 13.1. The van der Waals surface area contributed by atoms with Crippen LogP contribution in [0.1, 0.15) is 57.8 Å². The first-order valence-electron chi connectivity index (χ1n) is 7.18. The van der Waals surface area contributed by atoms with Crippen LogP contribution in [0.25, 0.3) is 0 Å². The Morgan fingerprint density at radius 1 is 0.579 bits per heavy atom. The van der Waals surface area contributed by atoms with Crippen molar-refractivity contribution in [1.82, 2.24) is 0 Å². The highest BCUT2D eigenvalue weighted by atomic mass is 32.2.